The minimum absolute atomic E-state index is 1.13. The molecule has 20 aromatic carbocycles. The monoisotopic (exact) mass is 1430 g/mol. The third kappa shape index (κ3) is 13.2. The second-order valence-electron chi connectivity index (χ2n) is 28.3. The lowest BCUT2D eigenvalue weighted by Gasteiger charge is -2.27. The molecule has 20 rings (SSSR count). The van der Waals surface area contributed by atoms with Crippen molar-refractivity contribution >= 4 is 133 Å². The molecular formula is C108H76N4. The number of fused-ring (bicyclic) bond motifs is 6. The Morgan fingerprint density at radius 3 is 0.634 bits per heavy atom. The van der Waals surface area contributed by atoms with E-state index >= 15 is 0 Å². The number of hydrogen-bond acceptors (Lipinski definition) is 4. The van der Waals surface area contributed by atoms with Gasteiger partial charge in [0.1, 0.15) is 0 Å². The summed E-state index contributed by atoms with van der Waals surface area (Å²) in [5, 5.41) is 14.6. The number of para-hydroxylation sites is 8. The largest absolute Gasteiger partial charge is 0.310 e. The molecule has 0 spiro atoms. The average Bonchev–Trinajstić information content (AvgIpc) is 0.730. The van der Waals surface area contributed by atoms with Crippen LogP contribution < -0.4 is 19.6 Å². The molecule has 20 aromatic rings. The number of benzene rings is 20. The van der Waals surface area contributed by atoms with E-state index in [1.165, 1.54) is 109 Å². The van der Waals surface area contributed by atoms with Crippen LogP contribution in [0.25, 0.3) is 109 Å². The van der Waals surface area contributed by atoms with Crippen molar-refractivity contribution in [2.45, 2.75) is 0 Å². The Morgan fingerprint density at radius 1 is 0.116 bits per heavy atom. The molecule has 0 fully saturated rings. The predicted octanol–water partition coefficient (Wildman–Crippen LogP) is 30.8. The Bertz CT molecular complexity index is 6170. The van der Waals surface area contributed by atoms with Gasteiger partial charge < -0.3 is 19.6 Å². The summed E-state index contributed by atoms with van der Waals surface area (Å²) < 4.78 is 0. The van der Waals surface area contributed by atoms with Crippen molar-refractivity contribution < 1.29 is 0 Å². The van der Waals surface area contributed by atoms with Crippen molar-refractivity contribution in [2.75, 3.05) is 19.6 Å². The molecule has 0 unspecified atom stereocenters. The first-order valence-corrected chi connectivity index (χ1v) is 38.4. The molecule has 528 valence electrons. The molecule has 0 bridgehead atoms. The lowest BCUT2D eigenvalue weighted by molar-refractivity contribution is 1.29. The first-order valence-electron chi connectivity index (χ1n) is 38.4. The van der Waals surface area contributed by atoms with Crippen LogP contribution in [0.5, 0.6) is 0 Å². The van der Waals surface area contributed by atoms with Crippen LogP contribution in [0.4, 0.5) is 68.2 Å². The van der Waals surface area contributed by atoms with E-state index in [1.807, 2.05) is 0 Å². The van der Waals surface area contributed by atoms with E-state index in [9.17, 15) is 0 Å². The zero-order valence-corrected chi connectivity index (χ0v) is 61.7. The average molecular weight is 1430 g/mol. The maximum Gasteiger partial charge on any atom is 0.0540 e. The van der Waals surface area contributed by atoms with Gasteiger partial charge in [0.15, 0.2) is 0 Å². The quantitative estimate of drug-likeness (QED) is 0.0956. The molecule has 0 aromatic heterocycles. The van der Waals surface area contributed by atoms with Crippen LogP contribution in [-0.2, 0) is 0 Å². The van der Waals surface area contributed by atoms with Gasteiger partial charge in [0, 0.05) is 67.6 Å². The highest BCUT2D eigenvalue weighted by Crippen LogP contribution is 2.48. The minimum Gasteiger partial charge on any atom is -0.310 e. The highest BCUT2D eigenvalue weighted by molar-refractivity contribution is 6.16. The summed E-state index contributed by atoms with van der Waals surface area (Å²) >= 11 is 0. The predicted molar refractivity (Wildman–Crippen MR) is 478 cm³/mol. The maximum atomic E-state index is 2.36. The van der Waals surface area contributed by atoms with Gasteiger partial charge in [-0.1, -0.05) is 315 Å². The molecule has 0 saturated carbocycles. The van der Waals surface area contributed by atoms with Crippen LogP contribution in [-0.4, -0.2) is 0 Å². The van der Waals surface area contributed by atoms with E-state index in [0.29, 0.717) is 0 Å². The van der Waals surface area contributed by atoms with Gasteiger partial charge in [-0.3, -0.25) is 0 Å². The Hall–Kier alpha value is -14.8. The topological polar surface area (TPSA) is 13.0 Å². The fraction of sp³-hybridized carbons (Fsp3) is 0. The van der Waals surface area contributed by atoms with E-state index in [-0.39, 0.29) is 0 Å². The summed E-state index contributed by atoms with van der Waals surface area (Å²) in [4.78, 5) is 9.35. The van der Waals surface area contributed by atoms with Crippen LogP contribution in [0.2, 0.25) is 0 Å². The van der Waals surface area contributed by atoms with Crippen molar-refractivity contribution in [1.29, 1.82) is 0 Å². The van der Waals surface area contributed by atoms with E-state index in [0.717, 1.165) is 68.2 Å². The first kappa shape index (κ1) is 67.7. The second-order valence-corrected chi connectivity index (χ2v) is 28.3. The number of rotatable bonds is 16. The molecule has 0 heterocycles. The Kier molecular flexibility index (Phi) is 18.4. The van der Waals surface area contributed by atoms with Gasteiger partial charge >= 0.3 is 0 Å². The highest BCUT2D eigenvalue weighted by Gasteiger charge is 2.23. The molecule has 0 N–H and O–H groups in total. The second kappa shape index (κ2) is 30.4. The van der Waals surface area contributed by atoms with Gasteiger partial charge in [-0.15, -0.1) is 0 Å². The normalized spacial score (nSPS) is 11.2. The molecule has 0 atom stereocenters. The van der Waals surface area contributed by atoms with Gasteiger partial charge in [-0.05, 0) is 244 Å². The standard InChI is InChI=1S/2C54H38N2/c1-5-19-39(20-6-1)55(40-21-7-2-8-22-40)53-37-35-49(47-27-13-15-29-51(47)53)45-33-17-32-44-43(45)31-18-34-46(44)50-36-38-54(52-30-16-14-28-48(50)52)56(41-23-9-3-10-24-41)42-25-11-4-12-26-42;1-5-15-45(16-6-1)55(46-17-7-2-8-18-46)49-33-31-39-35-43(29-27-41(39)37-49)51-23-13-26-54-52(24-14-25-53(51)54)44-30-28-42-38-50(34-32-40(42)36-44)56(47-19-9-3-10-20-47)48-21-11-4-12-22-48/h2*1-38H. The third-order valence-corrected chi connectivity index (χ3v) is 21.6. The highest BCUT2D eigenvalue weighted by atomic mass is 15.2. The zero-order chi connectivity index (χ0) is 74.5. The molecule has 0 aliphatic rings. The summed E-state index contributed by atoms with van der Waals surface area (Å²) in [5.74, 6) is 0. The number of nitrogens with zero attached hydrogens (tertiary/aromatic N) is 4. The van der Waals surface area contributed by atoms with Crippen LogP contribution in [0.15, 0.2) is 461 Å². The lowest BCUT2D eigenvalue weighted by Crippen LogP contribution is -2.10. The van der Waals surface area contributed by atoms with Gasteiger partial charge in [-0.25, -0.2) is 0 Å². The van der Waals surface area contributed by atoms with Gasteiger partial charge in [0.2, 0.25) is 0 Å². The van der Waals surface area contributed by atoms with Crippen molar-refractivity contribution in [3.8, 4) is 44.5 Å². The smallest absolute Gasteiger partial charge is 0.0540 e. The molecule has 4 heteroatoms. The minimum atomic E-state index is 1.13. The summed E-state index contributed by atoms with van der Waals surface area (Å²) in [6.45, 7) is 0. The number of anilines is 12. The molecule has 4 nitrogen and oxygen atoms in total. The molecule has 0 saturated heterocycles. The van der Waals surface area contributed by atoms with Crippen molar-refractivity contribution in [3.63, 3.8) is 0 Å². The van der Waals surface area contributed by atoms with Crippen molar-refractivity contribution in [3.05, 3.63) is 461 Å². The van der Waals surface area contributed by atoms with E-state index in [1.54, 1.807) is 0 Å². The van der Waals surface area contributed by atoms with E-state index in [4.69, 9.17) is 0 Å². The summed E-state index contributed by atoms with van der Waals surface area (Å²) in [7, 11) is 0. The molecule has 0 aliphatic carbocycles. The number of hydrogen-bond donors (Lipinski definition) is 0. The fourth-order valence-electron chi connectivity index (χ4n) is 16.5. The molecular weight excluding hydrogens is 1350 g/mol. The SMILES string of the molecule is c1ccc(N(c2ccccc2)c2ccc(-c3cccc4c(-c5ccc(N(c6ccccc6)c6ccccc6)c6ccccc56)cccc34)c3ccccc23)cc1.c1ccc(N(c2ccccc2)c2ccc3cc(-c4cccc5c(-c6ccc7cc(N(c8ccccc8)c8ccccc8)ccc7c6)cccc45)ccc3c2)cc1. The molecule has 0 radical (unpaired) electrons. The van der Waals surface area contributed by atoms with Gasteiger partial charge in [0.25, 0.3) is 0 Å². The van der Waals surface area contributed by atoms with E-state index in [2.05, 4.69) is 481 Å². The van der Waals surface area contributed by atoms with E-state index < -0.39 is 0 Å². The maximum absolute atomic E-state index is 2.36. The summed E-state index contributed by atoms with van der Waals surface area (Å²) in [5.41, 5.74) is 23.4. The Labute approximate surface area is 653 Å². The van der Waals surface area contributed by atoms with Crippen LogP contribution in [0.3, 0.4) is 0 Å². The lowest BCUT2D eigenvalue weighted by atomic mass is 9.89. The fourth-order valence-corrected chi connectivity index (χ4v) is 16.5. The first-order chi connectivity index (χ1) is 55.6. The van der Waals surface area contributed by atoms with Crippen molar-refractivity contribution in [1.82, 2.24) is 0 Å². The Balaban J connectivity index is 0.000000151. The summed E-state index contributed by atoms with van der Waals surface area (Å²) in [6.07, 6.45) is 0. The van der Waals surface area contributed by atoms with Gasteiger partial charge in [0.05, 0.1) is 11.4 Å². The third-order valence-electron chi connectivity index (χ3n) is 21.6. The molecule has 112 heavy (non-hydrogen) atoms. The molecule has 0 aliphatic heterocycles. The summed E-state index contributed by atoms with van der Waals surface area (Å²) in [6, 6.07) is 166. The Morgan fingerprint density at radius 2 is 0.330 bits per heavy atom. The zero-order valence-electron chi connectivity index (χ0n) is 61.7. The molecule has 0 amide bonds. The van der Waals surface area contributed by atoms with Crippen LogP contribution in [0.1, 0.15) is 0 Å². The van der Waals surface area contributed by atoms with Crippen LogP contribution >= 0.6 is 0 Å². The van der Waals surface area contributed by atoms with Gasteiger partial charge in [-0.2, -0.15) is 0 Å². The van der Waals surface area contributed by atoms with Crippen molar-refractivity contribution in [2.24, 2.45) is 0 Å². The van der Waals surface area contributed by atoms with Crippen LogP contribution in [0, 0.1) is 0 Å².